The van der Waals surface area contributed by atoms with Gasteiger partial charge in [-0.2, -0.15) is 0 Å². The topological polar surface area (TPSA) is 60.0 Å². The molecular weight excluding hydrogens is 308 g/mol. The largest absolute Gasteiger partial charge is 0.493 e. The van der Waals surface area contributed by atoms with Crippen LogP contribution in [0.15, 0.2) is 12.1 Å². The van der Waals surface area contributed by atoms with Crippen LogP contribution in [0, 0.1) is 0 Å². The van der Waals surface area contributed by atoms with Gasteiger partial charge in [0.1, 0.15) is 0 Å². The molecule has 0 aliphatic carbocycles. The highest BCUT2D eigenvalue weighted by Gasteiger charge is 2.25. The Morgan fingerprint density at radius 3 is 2.29 bits per heavy atom. The second kappa shape index (κ2) is 8.13. The van der Waals surface area contributed by atoms with Gasteiger partial charge in [-0.15, -0.1) is 0 Å². The number of urea groups is 1. The highest BCUT2D eigenvalue weighted by atomic mass is 16.5. The molecule has 0 radical (unpaired) electrons. The normalized spacial score (nSPS) is 18.7. The summed E-state index contributed by atoms with van der Waals surface area (Å²) in [6.45, 7) is 4.87. The van der Waals surface area contributed by atoms with Gasteiger partial charge >= 0.3 is 6.03 Å². The third-order valence-corrected chi connectivity index (χ3v) is 4.59. The van der Waals surface area contributed by atoms with Gasteiger partial charge in [0.25, 0.3) is 0 Å². The maximum Gasteiger partial charge on any atom is 0.318 e. The van der Waals surface area contributed by atoms with Crippen LogP contribution in [-0.2, 0) is 0 Å². The van der Waals surface area contributed by atoms with E-state index in [1.807, 2.05) is 24.0 Å². The monoisotopic (exact) mass is 336 g/mol. The lowest BCUT2D eigenvalue weighted by atomic mass is 10.0. The van der Waals surface area contributed by atoms with E-state index in [0.29, 0.717) is 17.2 Å². The summed E-state index contributed by atoms with van der Waals surface area (Å²) in [5.41, 5.74) is 0.905. The Morgan fingerprint density at radius 1 is 1.17 bits per heavy atom. The summed E-state index contributed by atoms with van der Waals surface area (Å²) in [6.07, 6.45) is 3.32. The van der Waals surface area contributed by atoms with E-state index in [1.165, 1.54) is 6.42 Å². The lowest BCUT2D eigenvalue weighted by Gasteiger charge is -2.34. The van der Waals surface area contributed by atoms with Crippen molar-refractivity contribution in [3.63, 3.8) is 0 Å². The third-order valence-electron chi connectivity index (χ3n) is 4.59. The number of hydrogen-bond donors (Lipinski definition) is 1. The Bertz CT molecular complexity index is 551. The average Bonchev–Trinajstić information content (AvgIpc) is 2.60. The molecule has 2 atom stereocenters. The van der Waals surface area contributed by atoms with Crippen molar-refractivity contribution < 1.29 is 19.0 Å². The van der Waals surface area contributed by atoms with E-state index >= 15 is 0 Å². The number of likely N-dealkylation sites (tertiary alicyclic amines) is 1. The quantitative estimate of drug-likeness (QED) is 0.896. The molecule has 1 aromatic carbocycles. The van der Waals surface area contributed by atoms with Crippen LogP contribution in [0.25, 0.3) is 0 Å². The first-order valence-electron chi connectivity index (χ1n) is 8.38. The SMILES string of the molecule is COc1cc(C(C)NC(=O)N2CCCCC2C)cc(OC)c1OC. The van der Waals surface area contributed by atoms with Crippen molar-refractivity contribution in [3.8, 4) is 17.2 Å². The molecule has 24 heavy (non-hydrogen) atoms. The third kappa shape index (κ3) is 3.86. The zero-order chi connectivity index (χ0) is 17.7. The number of nitrogens with one attached hydrogen (secondary N) is 1. The zero-order valence-corrected chi connectivity index (χ0v) is 15.2. The smallest absolute Gasteiger partial charge is 0.318 e. The summed E-state index contributed by atoms with van der Waals surface area (Å²) < 4.78 is 16.1. The van der Waals surface area contributed by atoms with Gasteiger partial charge in [0, 0.05) is 12.6 Å². The van der Waals surface area contributed by atoms with Gasteiger partial charge in [-0.1, -0.05) is 0 Å². The molecule has 0 bridgehead atoms. The van der Waals surface area contributed by atoms with E-state index in [0.717, 1.165) is 24.9 Å². The van der Waals surface area contributed by atoms with Crippen molar-refractivity contribution in [2.45, 2.75) is 45.2 Å². The molecule has 0 spiro atoms. The summed E-state index contributed by atoms with van der Waals surface area (Å²) >= 11 is 0. The summed E-state index contributed by atoms with van der Waals surface area (Å²) in [7, 11) is 4.74. The Morgan fingerprint density at radius 2 is 1.79 bits per heavy atom. The fourth-order valence-electron chi connectivity index (χ4n) is 3.10. The number of methoxy groups -OCH3 is 3. The van der Waals surface area contributed by atoms with Crippen molar-refractivity contribution in [3.05, 3.63) is 17.7 Å². The fourth-order valence-corrected chi connectivity index (χ4v) is 3.10. The van der Waals surface area contributed by atoms with E-state index < -0.39 is 0 Å². The van der Waals surface area contributed by atoms with Gasteiger partial charge in [-0.25, -0.2) is 4.79 Å². The second-order valence-electron chi connectivity index (χ2n) is 6.17. The highest BCUT2D eigenvalue weighted by molar-refractivity contribution is 5.75. The van der Waals surface area contributed by atoms with Crippen molar-refractivity contribution in [1.29, 1.82) is 0 Å². The summed E-state index contributed by atoms with van der Waals surface area (Å²) in [5, 5.41) is 3.07. The van der Waals surface area contributed by atoms with Crippen LogP contribution in [0.3, 0.4) is 0 Å². The minimum absolute atomic E-state index is 0.0246. The zero-order valence-electron chi connectivity index (χ0n) is 15.2. The highest BCUT2D eigenvalue weighted by Crippen LogP contribution is 2.39. The fraction of sp³-hybridized carbons (Fsp3) is 0.611. The maximum absolute atomic E-state index is 12.6. The number of nitrogens with zero attached hydrogens (tertiary/aromatic N) is 1. The Labute approximate surface area is 144 Å². The summed E-state index contributed by atoms with van der Waals surface area (Å²) in [5.74, 6) is 1.71. The van der Waals surface area contributed by atoms with Gasteiger partial charge in [-0.3, -0.25) is 0 Å². The van der Waals surface area contributed by atoms with Crippen LogP contribution < -0.4 is 19.5 Å². The number of amides is 2. The Kier molecular flexibility index (Phi) is 6.17. The lowest BCUT2D eigenvalue weighted by Crippen LogP contribution is -2.48. The minimum Gasteiger partial charge on any atom is -0.493 e. The minimum atomic E-state index is -0.166. The number of carbonyl (C=O) groups is 1. The van der Waals surface area contributed by atoms with E-state index in [2.05, 4.69) is 12.2 Å². The Balaban J connectivity index is 2.16. The summed E-state index contributed by atoms with van der Waals surface area (Å²) in [6, 6.07) is 3.83. The molecule has 6 heteroatoms. The Hall–Kier alpha value is -2.11. The predicted octanol–water partition coefficient (Wildman–Crippen LogP) is 3.36. The molecule has 1 saturated heterocycles. The molecule has 2 unspecified atom stereocenters. The van der Waals surface area contributed by atoms with Gasteiger partial charge in [0.2, 0.25) is 5.75 Å². The summed E-state index contributed by atoms with van der Waals surface area (Å²) in [4.78, 5) is 14.5. The van der Waals surface area contributed by atoms with Crippen molar-refractivity contribution >= 4 is 6.03 Å². The first-order chi connectivity index (χ1) is 11.5. The lowest BCUT2D eigenvalue weighted by molar-refractivity contribution is 0.155. The van der Waals surface area contributed by atoms with E-state index in [4.69, 9.17) is 14.2 Å². The number of carbonyl (C=O) groups excluding carboxylic acids is 1. The van der Waals surface area contributed by atoms with Crippen molar-refractivity contribution in [2.24, 2.45) is 0 Å². The van der Waals surface area contributed by atoms with Gasteiger partial charge < -0.3 is 24.4 Å². The van der Waals surface area contributed by atoms with E-state index in [9.17, 15) is 4.79 Å². The number of rotatable bonds is 5. The first-order valence-corrected chi connectivity index (χ1v) is 8.38. The molecule has 1 fully saturated rings. The van der Waals surface area contributed by atoms with Gasteiger partial charge in [0.05, 0.1) is 27.4 Å². The van der Waals surface area contributed by atoms with Gasteiger partial charge in [-0.05, 0) is 50.8 Å². The molecule has 2 amide bonds. The van der Waals surface area contributed by atoms with Crippen molar-refractivity contribution in [1.82, 2.24) is 10.2 Å². The molecular formula is C18H28N2O4. The molecule has 0 aromatic heterocycles. The predicted molar refractivity (Wildman–Crippen MR) is 93.1 cm³/mol. The number of piperidine rings is 1. The number of hydrogen-bond acceptors (Lipinski definition) is 4. The van der Waals surface area contributed by atoms with Crippen molar-refractivity contribution in [2.75, 3.05) is 27.9 Å². The molecule has 1 aromatic rings. The van der Waals surface area contributed by atoms with Crippen LogP contribution in [0.4, 0.5) is 4.79 Å². The molecule has 6 nitrogen and oxygen atoms in total. The van der Waals surface area contributed by atoms with E-state index in [1.54, 1.807) is 21.3 Å². The molecule has 0 saturated carbocycles. The average molecular weight is 336 g/mol. The molecule has 1 aliphatic heterocycles. The van der Waals surface area contributed by atoms with E-state index in [-0.39, 0.29) is 18.1 Å². The second-order valence-corrected chi connectivity index (χ2v) is 6.17. The maximum atomic E-state index is 12.6. The number of benzene rings is 1. The van der Waals surface area contributed by atoms with Crippen LogP contribution in [0.2, 0.25) is 0 Å². The molecule has 1 heterocycles. The van der Waals surface area contributed by atoms with Crippen LogP contribution >= 0.6 is 0 Å². The molecule has 2 rings (SSSR count). The molecule has 1 aliphatic rings. The number of ether oxygens (including phenoxy) is 3. The van der Waals surface area contributed by atoms with Crippen LogP contribution in [0.1, 0.15) is 44.7 Å². The first kappa shape index (κ1) is 18.2. The van der Waals surface area contributed by atoms with Gasteiger partial charge in [0.15, 0.2) is 11.5 Å². The molecule has 1 N–H and O–H groups in total. The standard InChI is InChI=1S/C18H28N2O4/c1-12-8-6-7-9-20(12)18(21)19-13(2)14-10-15(22-3)17(24-5)16(11-14)23-4/h10-13H,6-9H2,1-5H3,(H,19,21). The molecule has 134 valence electrons. The van der Waals surface area contributed by atoms with Crippen LogP contribution in [0.5, 0.6) is 17.2 Å². The van der Waals surface area contributed by atoms with Crippen LogP contribution in [-0.4, -0.2) is 44.8 Å².